The monoisotopic (exact) mass is 423 g/mol. The van der Waals surface area contributed by atoms with Crippen LogP contribution in [-0.2, 0) is 14.8 Å². The van der Waals surface area contributed by atoms with Crippen LogP contribution in [0.5, 0.6) is 5.75 Å². The molecule has 0 spiro atoms. The standard InChI is InChI=1S/C18H22FN5O4S/c1-4-8-27-9-10-28-15-7-5-6-14(19)16(15)23-29(25,26)18-21-17-20-12(2)11-13(3)24(17)22-18/h5-7,11,23H,4,8-10H2,1-3H3. The molecule has 0 atom stereocenters. The molecule has 2 aromatic heterocycles. The van der Waals surface area contributed by atoms with Gasteiger partial charge in [-0.1, -0.05) is 13.0 Å². The molecule has 0 amide bonds. The lowest BCUT2D eigenvalue weighted by atomic mass is 10.3. The number of nitrogens with zero attached hydrogens (tertiary/aromatic N) is 4. The number of aromatic nitrogens is 4. The Morgan fingerprint density at radius 3 is 2.72 bits per heavy atom. The molecule has 2 heterocycles. The van der Waals surface area contributed by atoms with Crippen molar-refractivity contribution < 1.29 is 22.3 Å². The number of anilines is 1. The summed E-state index contributed by atoms with van der Waals surface area (Å²) in [4.78, 5) is 8.13. The van der Waals surface area contributed by atoms with Gasteiger partial charge in [-0.3, -0.25) is 4.72 Å². The third-order valence-electron chi connectivity index (χ3n) is 3.88. The average Bonchev–Trinajstić information content (AvgIpc) is 3.09. The van der Waals surface area contributed by atoms with Gasteiger partial charge in [-0.25, -0.2) is 13.9 Å². The molecule has 3 aromatic rings. The average molecular weight is 423 g/mol. The molecule has 29 heavy (non-hydrogen) atoms. The highest BCUT2D eigenvalue weighted by Gasteiger charge is 2.25. The molecule has 0 aliphatic carbocycles. The molecule has 1 N–H and O–H groups in total. The van der Waals surface area contributed by atoms with Gasteiger partial charge in [0, 0.05) is 18.0 Å². The fourth-order valence-corrected chi connectivity index (χ4v) is 3.57. The van der Waals surface area contributed by atoms with Crippen LogP contribution in [0.15, 0.2) is 29.4 Å². The van der Waals surface area contributed by atoms with Gasteiger partial charge >= 0.3 is 0 Å². The summed E-state index contributed by atoms with van der Waals surface area (Å²) in [5.74, 6) is -0.599. The lowest BCUT2D eigenvalue weighted by Crippen LogP contribution is -2.17. The maximum atomic E-state index is 14.4. The van der Waals surface area contributed by atoms with E-state index in [4.69, 9.17) is 9.47 Å². The van der Waals surface area contributed by atoms with Crippen molar-refractivity contribution >= 4 is 21.5 Å². The van der Waals surface area contributed by atoms with Crippen LogP contribution in [0.3, 0.4) is 0 Å². The van der Waals surface area contributed by atoms with Gasteiger partial charge in [0.15, 0.2) is 5.82 Å². The molecule has 0 saturated carbocycles. The number of benzene rings is 1. The highest BCUT2D eigenvalue weighted by Crippen LogP contribution is 2.29. The number of sulfonamides is 1. The van der Waals surface area contributed by atoms with Crippen LogP contribution in [0.2, 0.25) is 0 Å². The first-order valence-corrected chi connectivity index (χ1v) is 10.5. The second-order valence-corrected chi connectivity index (χ2v) is 7.90. The van der Waals surface area contributed by atoms with Gasteiger partial charge in [0.25, 0.3) is 21.0 Å². The van der Waals surface area contributed by atoms with E-state index in [2.05, 4.69) is 19.8 Å². The quantitative estimate of drug-likeness (QED) is 0.527. The lowest BCUT2D eigenvalue weighted by Gasteiger charge is -2.13. The molecule has 0 aliphatic rings. The molecule has 156 valence electrons. The summed E-state index contributed by atoms with van der Waals surface area (Å²) >= 11 is 0. The highest BCUT2D eigenvalue weighted by atomic mass is 32.2. The predicted octanol–water partition coefficient (Wildman–Crippen LogP) is 2.49. The minimum absolute atomic E-state index is 0.0441. The molecule has 0 saturated heterocycles. The van der Waals surface area contributed by atoms with Crippen LogP contribution in [0.1, 0.15) is 24.7 Å². The molecular formula is C18H22FN5O4S. The van der Waals surface area contributed by atoms with Gasteiger partial charge in [0.2, 0.25) is 0 Å². The van der Waals surface area contributed by atoms with Crippen molar-refractivity contribution in [1.29, 1.82) is 0 Å². The van der Waals surface area contributed by atoms with Gasteiger partial charge in [0.1, 0.15) is 18.0 Å². The molecule has 0 radical (unpaired) electrons. The second kappa shape index (κ2) is 8.70. The third-order valence-corrected chi connectivity index (χ3v) is 5.01. The van der Waals surface area contributed by atoms with Crippen molar-refractivity contribution in [3.63, 3.8) is 0 Å². The zero-order valence-electron chi connectivity index (χ0n) is 16.3. The predicted molar refractivity (Wildman–Crippen MR) is 104 cm³/mol. The van der Waals surface area contributed by atoms with Crippen LogP contribution in [0, 0.1) is 19.7 Å². The van der Waals surface area contributed by atoms with Gasteiger partial charge in [-0.2, -0.15) is 13.4 Å². The zero-order valence-corrected chi connectivity index (χ0v) is 17.2. The van der Waals surface area contributed by atoms with E-state index < -0.39 is 21.0 Å². The Labute approximate surface area is 167 Å². The Kier molecular flexibility index (Phi) is 6.28. The van der Waals surface area contributed by atoms with E-state index in [1.54, 1.807) is 19.9 Å². The van der Waals surface area contributed by atoms with Crippen molar-refractivity contribution in [2.45, 2.75) is 32.3 Å². The molecule has 3 rings (SSSR count). The summed E-state index contributed by atoms with van der Waals surface area (Å²) in [6.07, 6.45) is 0.866. The summed E-state index contributed by atoms with van der Waals surface area (Å²) < 4.78 is 54.2. The topological polar surface area (TPSA) is 108 Å². The Morgan fingerprint density at radius 2 is 1.97 bits per heavy atom. The number of aryl methyl sites for hydroxylation is 2. The van der Waals surface area contributed by atoms with Gasteiger partial charge in [0.05, 0.1) is 6.61 Å². The van der Waals surface area contributed by atoms with E-state index in [1.165, 1.54) is 16.6 Å². The van der Waals surface area contributed by atoms with Crippen LogP contribution in [-0.4, -0.2) is 47.8 Å². The number of hydrogen-bond donors (Lipinski definition) is 1. The normalized spacial score (nSPS) is 11.7. The summed E-state index contributed by atoms with van der Waals surface area (Å²) in [5, 5.41) is 3.47. The van der Waals surface area contributed by atoms with E-state index in [1.807, 2.05) is 6.92 Å². The first-order chi connectivity index (χ1) is 13.8. The number of halogens is 1. The summed E-state index contributed by atoms with van der Waals surface area (Å²) in [6.45, 7) is 6.53. The zero-order chi connectivity index (χ0) is 21.0. The van der Waals surface area contributed by atoms with E-state index in [9.17, 15) is 12.8 Å². The van der Waals surface area contributed by atoms with Crippen molar-refractivity contribution in [1.82, 2.24) is 19.6 Å². The summed E-state index contributed by atoms with van der Waals surface area (Å²) in [6, 6.07) is 5.76. The lowest BCUT2D eigenvalue weighted by molar-refractivity contribution is 0.101. The summed E-state index contributed by atoms with van der Waals surface area (Å²) in [7, 11) is -4.27. The maximum Gasteiger partial charge on any atom is 0.299 e. The first-order valence-electron chi connectivity index (χ1n) is 9.04. The van der Waals surface area contributed by atoms with Crippen molar-refractivity contribution in [3.05, 3.63) is 41.5 Å². The second-order valence-electron chi connectivity index (χ2n) is 6.32. The first kappa shape index (κ1) is 20.9. The van der Waals surface area contributed by atoms with E-state index in [0.717, 1.165) is 12.5 Å². The van der Waals surface area contributed by atoms with Crippen molar-refractivity contribution in [2.24, 2.45) is 0 Å². The van der Waals surface area contributed by atoms with E-state index in [0.29, 0.717) is 24.6 Å². The van der Waals surface area contributed by atoms with Crippen LogP contribution in [0.25, 0.3) is 5.78 Å². The molecule has 0 unspecified atom stereocenters. The molecule has 0 bridgehead atoms. The van der Waals surface area contributed by atoms with Gasteiger partial charge in [-0.15, -0.1) is 5.10 Å². The fraction of sp³-hybridized carbons (Fsp3) is 0.389. The fourth-order valence-electron chi connectivity index (χ4n) is 2.62. The summed E-state index contributed by atoms with van der Waals surface area (Å²) in [5.41, 5.74) is 1.03. The minimum atomic E-state index is -4.27. The van der Waals surface area contributed by atoms with Crippen LogP contribution in [0.4, 0.5) is 10.1 Å². The van der Waals surface area contributed by atoms with Gasteiger partial charge in [-0.05, 0) is 38.5 Å². The maximum absolute atomic E-state index is 14.4. The van der Waals surface area contributed by atoms with E-state index >= 15 is 0 Å². The molecule has 9 nitrogen and oxygen atoms in total. The number of ether oxygens (including phenoxy) is 2. The molecule has 0 fully saturated rings. The number of para-hydroxylation sites is 1. The number of fused-ring (bicyclic) bond motifs is 1. The largest absolute Gasteiger partial charge is 0.489 e. The van der Waals surface area contributed by atoms with Crippen LogP contribution >= 0.6 is 0 Å². The Balaban J connectivity index is 1.86. The Bertz CT molecular complexity index is 1120. The number of rotatable bonds is 9. The molecule has 0 aliphatic heterocycles. The minimum Gasteiger partial charge on any atom is -0.489 e. The smallest absolute Gasteiger partial charge is 0.299 e. The van der Waals surface area contributed by atoms with Crippen molar-refractivity contribution in [3.8, 4) is 5.75 Å². The number of nitrogens with one attached hydrogen (secondary N) is 1. The Hall–Kier alpha value is -2.79. The van der Waals surface area contributed by atoms with Crippen LogP contribution < -0.4 is 9.46 Å². The molecule has 11 heteroatoms. The molecular weight excluding hydrogens is 401 g/mol. The van der Waals surface area contributed by atoms with Gasteiger partial charge < -0.3 is 9.47 Å². The molecule has 1 aromatic carbocycles. The van der Waals surface area contributed by atoms with Crippen molar-refractivity contribution in [2.75, 3.05) is 24.5 Å². The Morgan fingerprint density at radius 1 is 1.17 bits per heavy atom. The SMILES string of the molecule is CCCOCCOc1cccc(F)c1NS(=O)(=O)c1nc2nc(C)cc(C)n2n1. The highest BCUT2D eigenvalue weighted by molar-refractivity contribution is 7.92. The number of hydrogen-bond acceptors (Lipinski definition) is 7. The third kappa shape index (κ3) is 4.80. The van der Waals surface area contributed by atoms with E-state index in [-0.39, 0.29) is 23.8 Å².